The Morgan fingerprint density at radius 1 is 1.29 bits per heavy atom. The van der Waals surface area contributed by atoms with Crippen LogP contribution in [0.15, 0.2) is 42.2 Å². The smallest absolute Gasteiger partial charge is 0.309 e. The van der Waals surface area contributed by atoms with Crippen molar-refractivity contribution >= 4 is 16.9 Å². The van der Waals surface area contributed by atoms with E-state index in [4.69, 9.17) is 4.74 Å². The lowest BCUT2D eigenvalue weighted by Gasteiger charge is -2.26. The van der Waals surface area contributed by atoms with Gasteiger partial charge in [0, 0.05) is 37.2 Å². The first-order valence-corrected chi connectivity index (χ1v) is 8.79. The molecule has 1 aromatic heterocycles. The van der Waals surface area contributed by atoms with Gasteiger partial charge in [0.25, 0.3) is 0 Å². The number of esters is 1. The Hall–Kier alpha value is -2.23. The van der Waals surface area contributed by atoms with Crippen LogP contribution in [0.1, 0.15) is 31.7 Å². The van der Waals surface area contributed by atoms with E-state index in [1.807, 2.05) is 6.92 Å². The van der Waals surface area contributed by atoms with Gasteiger partial charge in [-0.3, -0.25) is 4.79 Å². The Morgan fingerprint density at radius 2 is 2.12 bits per heavy atom. The second-order valence-electron chi connectivity index (χ2n) is 6.44. The highest BCUT2D eigenvalue weighted by Crippen LogP contribution is 2.22. The molecule has 4 heteroatoms. The zero-order valence-corrected chi connectivity index (χ0v) is 14.6. The molecule has 0 spiro atoms. The molecule has 1 aliphatic rings. The van der Waals surface area contributed by atoms with Crippen LogP contribution in [0.4, 0.5) is 0 Å². The van der Waals surface area contributed by atoms with E-state index in [1.54, 1.807) is 0 Å². The zero-order valence-electron chi connectivity index (χ0n) is 14.6. The summed E-state index contributed by atoms with van der Waals surface area (Å²) in [4.78, 5) is 14.0. The van der Waals surface area contributed by atoms with Crippen LogP contribution in [0, 0.1) is 0 Å². The highest BCUT2D eigenvalue weighted by atomic mass is 16.5. The molecule has 4 nitrogen and oxygen atoms in total. The first-order chi connectivity index (χ1) is 11.7. The number of carbonyl (C=O) groups is 1. The normalized spacial score (nSPS) is 14.8. The third kappa shape index (κ3) is 3.81. The quantitative estimate of drug-likeness (QED) is 0.760. The van der Waals surface area contributed by atoms with E-state index < -0.39 is 0 Å². The number of aromatic nitrogens is 1. The summed E-state index contributed by atoms with van der Waals surface area (Å²) in [5.41, 5.74) is 3.86. The monoisotopic (exact) mass is 326 g/mol. The summed E-state index contributed by atoms with van der Waals surface area (Å²) in [5, 5.41) is 1.34. The van der Waals surface area contributed by atoms with Crippen molar-refractivity contribution < 1.29 is 9.53 Å². The topological polar surface area (TPSA) is 34.5 Å². The molecule has 0 atom stereocenters. The molecule has 1 aliphatic heterocycles. The van der Waals surface area contributed by atoms with Crippen LogP contribution in [0.5, 0.6) is 0 Å². The molecule has 0 radical (unpaired) electrons. The fraction of sp³-hybridized carbons (Fsp3) is 0.450. The van der Waals surface area contributed by atoms with Gasteiger partial charge in [-0.15, -0.1) is 0 Å². The number of benzene rings is 1. The fourth-order valence-electron chi connectivity index (χ4n) is 3.49. The van der Waals surface area contributed by atoms with Crippen molar-refractivity contribution in [2.24, 2.45) is 7.05 Å². The van der Waals surface area contributed by atoms with Crippen molar-refractivity contribution in [1.82, 2.24) is 9.47 Å². The van der Waals surface area contributed by atoms with Gasteiger partial charge in [-0.2, -0.15) is 0 Å². The molecule has 1 aromatic carbocycles. The average molecular weight is 326 g/mol. The Balaban J connectivity index is 1.64. The summed E-state index contributed by atoms with van der Waals surface area (Å²) >= 11 is 0. The Bertz CT molecular complexity index is 745. The van der Waals surface area contributed by atoms with Gasteiger partial charge in [-0.05, 0) is 49.6 Å². The second-order valence-corrected chi connectivity index (χ2v) is 6.44. The SMILES string of the molecule is CCOC(=O)CC1=CN(CCc2cn(C)c3ccccc23)CCC1. The number of aryl methyl sites for hydroxylation is 1. The summed E-state index contributed by atoms with van der Waals surface area (Å²) in [6, 6.07) is 8.55. The zero-order chi connectivity index (χ0) is 16.9. The van der Waals surface area contributed by atoms with Crippen LogP contribution in [0.2, 0.25) is 0 Å². The molecule has 0 N–H and O–H groups in total. The van der Waals surface area contributed by atoms with Crippen molar-refractivity contribution in [1.29, 1.82) is 0 Å². The maximum atomic E-state index is 11.7. The molecule has 0 fully saturated rings. The van der Waals surface area contributed by atoms with Gasteiger partial charge in [-0.25, -0.2) is 0 Å². The van der Waals surface area contributed by atoms with Gasteiger partial charge in [0.15, 0.2) is 0 Å². The number of ether oxygens (including phenoxy) is 1. The van der Waals surface area contributed by atoms with Gasteiger partial charge in [0.1, 0.15) is 0 Å². The maximum absolute atomic E-state index is 11.7. The molecular weight excluding hydrogens is 300 g/mol. The molecule has 3 rings (SSSR count). The number of para-hydroxylation sites is 1. The minimum absolute atomic E-state index is 0.111. The van der Waals surface area contributed by atoms with E-state index in [1.165, 1.54) is 22.0 Å². The van der Waals surface area contributed by atoms with Crippen molar-refractivity contribution in [2.75, 3.05) is 19.7 Å². The van der Waals surface area contributed by atoms with E-state index in [0.29, 0.717) is 13.0 Å². The Kier molecular flexibility index (Phi) is 5.24. The summed E-state index contributed by atoms with van der Waals surface area (Å²) in [5.74, 6) is -0.111. The molecule has 2 aromatic rings. The first kappa shape index (κ1) is 16.6. The summed E-state index contributed by atoms with van der Waals surface area (Å²) in [6.07, 6.45) is 7.97. The van der Waals surface area contributed by atoms with Gasteiger partial charge < -0.3 is 14.2 Å². The Morgan fingerprint density at radius 3 is 2.96 bits per heavy atom. The van der Waals surface area contributed by atoms with Crippen molar-refractivity contribution in [3.05, 3.63) is 47.8 Å². The van der Waals surface area contributed by atoms with Crippen LogP contribution in [-0.4, -0.2) is 35.1 Å². The molecule has 24 heavy (non-hydrogen) atoms. The van der Waals surface area contributed by atoms with Crippen LogP contribution in [0.3, 0.4) is 0 Å². The molecule has 0 saturated heterocycles. The molecule has 2 heterocycles. The van der Waals surface area contributed by atoms with Gasteiger partial charge in [-0.1, -0.05) is 18.2 Å². The van der Waals surface area contributed by atoms with Crippen molar-refractivity contribution in [3.8, 4) is 0 Å². The standard InChI is InChI=1S/C20H26N2O2/c1-3-24-20(23)13-16-7-6-11-22(14-16)12-10-17-15-21(2)19-9-5-4-8-18(17)19/h4-5,8-9,14-15H,3,6-7,10-13H2,1-2H3. The molecule has 0 aliphatic carbocycles. The number of fused-ring (bicyclic) bond motifs is 1. The first-order valence-electron chi connectivity index (χ1n) is 8.79. The maximum Gasteiger partial charge on any atom is 0.309 e. The van der Waals surface area contributed by atoms with E-state index in [9.17, 15) is 4.79 Å². The second kappa shape index (κ2) is 7.56. The third-order valence-corrected chi connectivity index (χ3v) is 4.63. The molecular formula is C20H26N2O2. The summed E-state index contributed by atoms with van der Waals surface area (Å²) < 4.78 is 7.26. The minimum Gasteiger partial charge on any atom is -0.466 e. The highest BCUT2D eigenvalue weighted by Gasteiger charge is 2.14. The lowest BCUT2D eigenvalue weighted by Crippen LogP contribution is -2.26. The van der Waals surface area contributed by atoms with Crippen LogP contribution < -0.4 is 0 Å². The number of hydrogen-bond acceptors (Lipinski definition) is 3. The van der Waals surface area contributed by atoms with E-state index in [0.717, 1.165) is 32.4 Å². The predicted molar refractivity (Wildman–Crippen MR) is 96.8 cm³/mol. The largest absolute Gasteiger partial charge is 0.466 e. The lowest BCUT2D eigenvalue weighted by molar-refractivity contribution is -0.142. The number of nitrogens with zero attached hydrogens (tertiary/aromatic N) is 2. The highest BCUT2D eigenvalue weighted by molar-refractivity contribution is 5.83. The molecule has 0 amide bonds. The van der Waals surface area contributed by atoms with Crippen molar-refractivity contribution in [3.63, 3.8) is 0 Å². The minimum atomic E-state index is -0.111. The van der Waals surface area contributed by atoms with Crippen LogP contribution >= 0.6 is 0 Å². The summed E-state index contributed by atoms with van der Waals surface area (Å²) in [7, 11) is 2.10. The average Bonchev–Trinajstić information content (AvgIpc) is 2.90. The molecule has 0 saturated carbocycles. The number of rotatable bonds is 6. The van der Waals surface area contributed by atoms with Gasteiger partial charge in [0.05, 0.1) is 13.0 Å². The Labute approximate surface area is 143 Å². The molecule has 128 valence electrons. The van der Waals surface area contributed by atoms with Crippen molar-refractivity contribution in [2.45, 2.75) is 32.6 Å². The van der Waals surface area contributed by atoms with Gasteiger partial charge in [0.2, 0.25) is 0 Å². The van der Waals surface area contributed by atoms with Crippen LogP contribution in [-0.2, 0) is 23.0 Å². The molecule has 0 unspecified atom stereocenters. The predicted octanol–water partition coefficient (Wildman–Crippen LogP) is 3.65. The number of hydrogen-bond donors (Lipinski definition) is 0. The summed E-state index contributed by atoms with van der Waals surface area (Å²) in [6.45, 7) is 4.36. The van der Waals surface area contributed by atoms with E-state index >= 15 is 0 Å². The fourth-order valence-corrected chi connectivity index (χ4v) is 3.49. The van der Waals surface area contributed by atoms with E-state index in [-0.39, 0.29) is 5.97 Å². The molecule has 0 bridgehead atoms. The third-order valence-electron chi connectivity index (χ3n) is 4.63. The number of carbonyl (C=O) groups excluding carboxylic acids is 1. The van der Waals surface area contributed by atoms with Crippen LogP contribution in [0.25, 0.3) is 10.9 Å². The van der Waals surface area contributed by atoms with E-state index in [2.05, 4.69) is 53.2 Å². The van der Waals surface area contributed by atoms with Gasteiger partial charge >= 0.3 is 5.97 Å². The lowest BCUT2D eigenvalue weighted by atomic mass is 10.0.